The third-order valence-electron chi connectivity index (χ3n) is 6.87. The van der Waals surface area contributed by atoms with Crippen molar-refractivity contribution in [3.8, 4) is 0 Å². The number of nitrogens with one attached hydrogen (secondary N) is 1. The van der Waals surface area contributed by atoms with Gasteiger partial charge in [-0.05, 0) is 54.0 Å². The van der Waals surface area contributed by atoms with Gasteiger partial charge >= 0.3 is 0 Å². The van der Waals surface area contributed by atoms with Gasteiger partial charge in [0, 0.05) is 10.9 Å². The van der Waals surface area contributed by atoms with Crippen molar-refractivity contribution in [3.63, 3.8) is 0 Å². The van der Waals surface area contributed by atoms with Gasteiger partial charge in [-0.25, -0.2) is 0 Å². The van der Waals surface area contributed by atoms with E-state index in [1.807, 2.05) is 42.5 Å². The highest BCUT2D eigenvalue weighted by Gasteiger charge is 2.32. The van der Waals surface area contributed by atoms with Crippen LogP contribution in [-0.2, 0) is 16.0 Å². The summed E-state index contributed by atoms with van der Waals surface area (Å²) in [5.41, 5.74) is 3.07. The fraction of sp³-hybridized carbons (Fsp3) is 0.407. The number of aryl methyl sites for hydroxylation is 1. The number of nitrogens with zero attached hydrogens (tertiary/aromatic N) is 1. The zero-order chi connectivity index (χ0) is 22.7. The van der Waals surface area contributed by atoms with E-state index in [1.165, 1.54) is 23.7 Å². The quantitative estimate of drug-likeness (QED) is 0.600. The number of rotatable bonds is 5. The van der Waals surface area contributed by atoms with Crippen molar-refractivity contribution in [2.45, 2.75) is 57.4 Å². The molecule has 4 nitrogen and oxygen atoms in total. The standard InChI is InChI=1S/C27H32N2O2S/c1-4-20-12-14-21(15-13-20)16-25-27(31)29(23-10-5-6-11-24(23)32-25)17-26(30)28-22-9-7-8-18(2)19(22)3/h5-6,10-16,18-19,22H,4,7-9,17H2,1-3H3,(H,28,30)/b25-16+/t18-,19+,22+/m0/s1. The summed E-state index contributed by atoms with van der Waals surface area (Å²) in [6.45, 7) is 6.65. The number of carbonyl (C=O) groups excluding carboxylic acids is 2. The molecule has 168 valence electrons. The maximum atomic E-state index is 13.4. The van der Waals surface area contributed by atoms with Crippen LogP contribution in [0.25, 0.3) is 6.08 Å². The molecule has 2 aromatic rings. The van der Waals surface area contributed by atoms with Gasteiger partial charge in [-0.3, -0.25) is 14.5 Å². The van der Waals surface area contributed by atoms with Crippen LogP contribution in [0.3, 0.4) is 0 Å². The fourth-order valence-electron chi connectivity index (χ4n) is 4.60. The molecule has 2 amide bonds. The Bertz CT molecular complexity index is 1010. The highest BCUT2D eigenvalue weighted by atomic mass is 32.2. The van der Waals surface area contributed by atoms with E-state index in [-0.39, 0.29) is 24.4 Å². The molecule has 32 heavy (non-hydrogen) atoms. The molecule has 5 heteroatoms. The van der Waals surface area contributed by atoms with E-state index in [4.69, 9.17) is 0 Å². The van der Waals surface area contributed by atoms with E-state index in [1.54, 1.807) is 4.90 Å². The minimum Gasteiger partial charge on any atom is -0.352 e. The third kappa shape index (κ3) is 4.93. The second-order valence-corrected chi connectivity index (χ2v) is 10.1. The first kappa shape index (κ1) is 22.7. The van der Waals surface area contributed by atoms with Crippen molar-refractivity contribution in [1.29, 1.82) is 0 Å². The van der Waals surface area contributed by atoms with Crippen molar-refractivity contribution in [2.75, 3.05) is 11.4 Å². The monoisotopic (exact) mass is 448 g/mol. The SMILES string of the molecule is CCc1ccc(/C=C2/Sc3ccccc3N(CC(=O)N[C@@H]3CCC[C@H](C)[C@H]3C)C2=O)cc1. The summed E-state index contributed by atoms with van der Waals surface area (Å²) < 4.78 is 0. The lowest BCUT2D eigenvalue weighted by Gasteiger charge is -2.35. The number of fused-ring (bicyclic) bond motifs is 1. The average molecular weight is 449 g/mol. The number of para-hydroxylation sites is 1. The summed E-state index contributed by atoms with van der Waals surface area (Å²) in [5.74, 6) is 0.858. The summed E-state index contributed by atoms with van der Waals surface area (Å²) in [4.78, 5) is 29.7. The fourth-order valence-corrected chi connectivity index (χ4v) is 5.66. The molecule has 0 aromatic heterocycles. The highest BCUT2D eigenvalue weighted by Crippen LogP contribution is 2.42. The maximum Gasteiger partial charge on any atom is 0.265 e. The van der Waals surface area contributed by atoms with Crippen LogP contribution in [-0.4, -0.2) is 24.4 Å². The molecule has 4 rings (SSSR count). The first-order chi connectivity index (χ1) is 15.5. The smallest absolute Gasteiger partial charge is 0.265 e. The minimum atomic E-state index is -0.117. The van der Waals surface area contributed by atoms with E-state index in [0.29, 0.717) is 16.7 Å². The number of carbonyl (C=O) groups is 2. The molecular weight excluding hydrogens is 416 g/mol. The molecule has 0 spiro atoms. The van der Waals surface area contributed by atoms with Crippen molar-refractivity contribution in [3.05, 3.63) is 64.6 Å². The summed E-state index contributed by atoms with van der Waals surface area (Å²) in [7, 11) is 0. The van der Waals surface area contributed by atoms with Crippen LogP contribution < -0.4 is 10.2 Å². The zero-order valence-electron chi connectivity index (χ0n) is 19.1. The molecule has 0 saturated heterocycles. The van der Waals surface area contributed by atoms with Gasteiger partial charge in [0.2, 0.25) is 5.91 Å². The van der Waals surface area contributed by atoms with Crippen LogP contribution in [0.4, 0.5) is 5.69 Å². The van der Waals surface area contributed by atoms with E-state index in [0.717, 1.165) is 35.4 Å². The van der Waals surface area contributed by atoms with Gasteiger partial charge in [0.1, 0.15) is 6.54 Å². The predicted molar refractivity (Wildman–Crippen MR) is 133 cm³/mol. The van der Waals surface area contributed by atoms with Crippen molar-refractivity contribution < 1.29 is 9.59 Å². The molecule has 1 aliphatic carbocycles. The molecule has 1 aliphatic heterocycles. The molecule has 2 aromatic carbocycles. The minimum absolute atomic E-state index is 0.0418. The molecule has 0 radical (unpaired) electrons. The van der Waals surface area contributed by atoms with Crippen molar-refractivity contribution >= 4 is 35.3 Å². The van der Waals surface area contributed by atoms with Crippen LogP contribution >= 0.6 is 11.8 Å². The van der Waals surface area contributed by atoms with Crippen molar-refractivity contribution in [1.82, 2.24) is 5.32 Å². The summed E-state index contributed by atoms with van der Waals surface area (Å²) in [6, 6.07) is 16.3. The molecule has 2 aliphatic rings. The first-order valence-corrected chi connectivity index (χ1v) is 12.5. The van der Waals surface area contributed by atoms with Gasteiger partial charge in [0.15, 0.2) is 0 Å². The lowest BCUT2D eigenvalue weighted by atomic mass is 9.78. The Kier molecular flexibility index (Phi) is 7.04. The molecule has 0 unspecified atom stereocenters. The lowest BCUT2D eigenvalue weighted by Crippen LogP contribution is -2.49. The number of anilines is 1. The van der Waals surface area contributed by atoms with Gasteiger partial charge in [-0.15, -0.1) is 0 Å². The van der Waals surface area contributed by atoms with Crippen LogP contribution in [0.2, 0.25) is 0 Å². The Morgan fingerprint density at radius 2 is 1.88 bits per heavy atom. The third-order valence-corrected chi connectivity index (χ3v) is 7.95. The van der Waals surface area contributed by atoms with Crippen molar-refractivity contribution in [2.24, 2.45) is 11.8 Å². The van der Waals surface area contributed by atoms with E-state index >= 15 is 0 Å². The normalized spacial score (nSPS) is 24.3. The lowest BCUT2D eigenvalue weighted by molar-refractivity contribution is -0.123. The van der Waals surface area contributed by atoms with Gasteiger partial charge in [0.05, 0.1) is 10.6 Å². The Hall–Kier alpha value is -2.53. The zero-order valence-corrected chi connectivity index (χ0v) is 20.0. The molecular formula is C27H32N2O2S. The van der Waals surface area contributed by atoms with E-state index in [9.17, 15) is 9.59 Å². The Labute approximate surface area is 195 Å². The number of benzene rings is 2. The van der Waals surface area contributed by atoms with Gasteiger partial charge < -0.3 is 5.32 Å². The highest BCUT2D eigenvalue weighted by molar-refractivity contribution is 8.04. The molecule has 1 heterocycles. The number of thioether (sulfide) groups is 1. The molecule has 3 atom stereocenters. The molecule has 1 N–H and O–H groups in total. The Balaban J connectivity index is 1.55. The number of amides is 2. The van der Waals surface area contributed by atoms with E-state index in [2.05, 4.69) is 38.2 Å². The second-order valence-electron chi connectivity index (χ2n) is 9.01. The topological polar surface area (TPSA) is 49.4 Å². The summed E-state index contributed by atoms with van der Waals surface area (Å²) >= 11 is 1.48. The van der Waals surface area contributed by atoms with Gasteiger partial charge in [0.25, 0.3) is 5.91 Å². The molecule has 0 bridgehead atoms. The van der Waals surface area contributed by atoms with E-state index < -0.39 is 0 Å². The van der Waals surface area contributed by atoms with Crippen LogP contribution in [0, 0.1) is 11.8 Å². The first-order valence-electron chi connectivity index (χ1n) is 11.6. The van der Waals surface area contributed by atoms with Crippen LogP contribution in [0.15, 0.2) is 58.3 Å². The van der Waals surface area contributed by atoms with Gasteiger partial charge in [-0.2, -0.15) is 0 Å². The Morgan fingerprint density at radius 3 is 2.62 bits per heavy atom. The number of hydrogen-bond acceptors (Lipinski definition) is 3. The molecule has 1 saturated carbocycles. The van der Waals surface area contributed by atoms with Gasteiger partial charge in [-0.1, -0.05) is 81.8 Å². The maximum absolute atomic E-state index is 13.4. The predicted octanol–water partition coefficient (Wildman–Crippen LogP) is 5.67. The average Bonchev–Trinajstić information content (AvgIpc) is 2.80. The largest absolute Gasteiger partial charge is 0.352 e. The van der Waals surface area contributed by atoms with Crippen LogP contribution in [0.1, 0.15) is 51.2 Å². The summed E-state index contributed by atoms with van der Waals surface area (Å²) in [6.07, 6.45) is 6.28. The summed E-state index contributed by atoms with van der Waals surface area (Å²) in [5, 5.41) is 3.22. The van der Waals surface area contributed by atoms with Crippen LogP contribution in [0.5, 0.6) is 0 Å². The molecule has 1 fully saturated rings. The second kappa shape index (κ2) is 9.95. The Morgan fingerprint density at radius 1 is 1.12 bits per heavy atom. The number of hydrogen-bond donors (Lipinski definition) is 1.